The van der Waals surface area contributed by atoms with Crippen molar-refractivity contribution < 1.29 is 27.2 Å². The standard InChI is InChI=1S/C22H17B2Cl3F3N5O3/c1-34-7-10(5-21(23,24)20(34)36)37-16-4-12(25)11(3-13(16)26)17-32-19(38-33-17)15-8-35-6-9(22(28,29)30)2-14(27)18(35)31-15/h2-4,6,8,10H,5,7,23-24H2,1H3/t10-/m1/s1. The normalized spacial score (nSPS) is 17.8. The van der Waals surface area contributed by atoms with Crippen LogP contribution in [0.25, 0.3) is 28.6 Å². The number of fused-ring (bicyclic) bond motifs is 1. The number of ether oxygens (including phenoxy) is 1. The molecule has 1 aliphatic rings. The average Bonchev–Trinajstić information content (AvgIpc) is 3.46. The first kappa shape index (κ1) is 26.7. The highest BCUT2D eigenvalue weighted by Gasteiger charge is 2.39. The van der Waals surface area contributed by atoms with Crippen molar-refractivity contribution in [1.82, 2.24) is 24.4 Å². The molecule has 38 heavy (non-hydrogen) atoms. The summed E-state index contributed by atoms with van der Waals surface area (Å²) >= 11 is 19.0. The monoisotopic (exact) mass is 583 g/mol. The molecule has 5 rings (SSSR count). The largest absolute Gasteiger partial charge is 0.487 e. The Kier molecular flexibility index (Phi) is 6.60. The molecule has 0 N–H and O–H groups in total. The lowest BCUT2D eigenvalue weighted by Gasteiger charge is -2.40. The molecule has 8 nitrogen and oxygen atoms in total. The minimum absolute atomic E-state index is 0.0402. The minimum atomic E-state index is -4.58. The van der Waals surface area contributed by atoms with E-state index in [1.54, 1.807) is 11.9 Å². The molecule has 4 aromatic rings. The third-order valence-corrected chi connectivity index (χ3v) is 7.06. The van der Waals surface area contributed by atoms with E-state index in [1.807, 2.05) is 15.7 Å². The van der Waals surface area contributed by atoms with Crippen molar-refractivity contribution in [3.05, 3.63) is 51.2 Å². The molecule has 3 aromatic heterocycles. The van der Waals surface area contributed by atoms with E-state index < -0.39 is 17.0 Å². The lowest BCUT2D eigenvalue weighted by Crippen LogP contribution is -2.51. The van der Waals surface area contributed by atoms with Crippen molar-refractivity contribution in [2.45, 2.75) is 23.9 Å². The molecule has 1 atom stereocenters. The van der Waals surface area contributed by atoms with Gasteiger partial charge in [-0.25, -0.2) is 4.98 Å². The molecule has 1 saturated heterocycles. The minimum Gasteiger partial charge on any atom is -0.487 e. The molecular weight excluding hydrogens is 567 g/mol. The first-order valence-corrected chi connectivity index (χ1v) is 12.4. The van der Waals surface area contributed by atoms with Crippen molar-refractivity contribution >= 4 is 62.0 Å². The summed E-state index contributed by atoms with van der Waals surface area (Å²) in [6.07, 6.45) is -2.19. The molecule has 0 spiro atoms. The zero-order chi connectivity index (χ0) is 27.6. The second-order valence-electron chi connectivity index (χ2n) is 9.63. The van der Waals surface area contributed by atoms with Crippen molar-refractivity contribution in [3.63, 3.8) is 0 Å². The smallest absolute Gasteiger partial charge is 0.417 e. The molecule has 196 valence electrons. The quantitative estimate of drug-likeness (QED) is 0.337. The van der Waals surface area contributed by atoms with Gasteiger partial charge in [-0.3, -0.25) is 4.79 Å². The summed E-state index contributed by atoms with van der Waals surface area (Å²) in [4.78, 5) is 22.5. The van der Waals surface area contributed by atoms with Crippen LogP contribution in [0, 0.1) is 0 Å². The highest BCUT2D eigenvalue weighted by atomic mass is 35.5. The SMILES string of the molecule is BC1(B)C[C@@H](Oc2cc(Cl)c(-c3noc(-c4cn5cc(C(F)(F)F)cc(Cl)c5n4)n3)cc2Cl)CN(C)C1=O. The topological polar surface area (TPSA) is 85.8 Å². The molecule has 0 radical (unpaired) electrons. The first-order valence-electron chi connectivity index (χ1n) is 11.2. The highest BCUT2D eigenvalue weighted by Crippen LogP contribution is 2.39. The summed E-state index contributed by atoms with van der Waals surface area (Å²) in [5.41, 5.74) is -0.374. The summed E-state index contributed by atoms with van der Waals surface area (Å²) in [5.74, 6) is 0.404. The number of hydrogen-bond acceptors (Lipinski definition) is 6. The van der Waals surface area contributed by atoms with Crippen LogP contribution < -0.4 is 4.74 Å². The third-order valence-electron chi connectivity index (χ3n) is 6.18. The molecule has 0 saturated carbocycles. The lowest BCUT2D eigenvalue weighted by molar-refractivity contribution is -0.138. The second-order valence-corrected chi connectivity index (χ2v) is 10.9. The Morgan fingerprint density at radius 2 is 1.84 bits per heavy atom. The maximum absolute atomic E-state index is 13.1. The van der Waals surface area contributed by atoms with Crippen LogP contribution in [0.4, 0.5) is 13.2 Å². The maximum Gasteiger partial charge on any atom is 0.417 e. The molecule has 1 fully saturated rings. The molecule has 0 aliphatic carbocycles. The summed E-state index contributed by atoms with van der Waals surface area (Å²) in [7, 11) is 5.44. The van der Waals surface area contributed by atoms with E-state index in [1.165, 1.54) is 18.3 Å². The Balaban J connectivity index is 1.41. The third kappa shape index (κ3) is 4.94. The van der Waals surface area contributed by atoms with Gasteiger partial charge in [0.1, 0.15) is 33.2 Å². The van der Waals surface area contributed by atoms with Gasteiger partial charge in [-0.15, -0.1) is 0 Å². The van der Waals surface area contributed by atoms with Gasteiger partial charge < -0.3 is 18.6 Å². The number of carbonyl (C=O) groups excluding carboxylic acids is 1. The van der Waals surface area contributed by atoms with Gasteiger partial charge >= 0.3 is 6.18 Å². The lowest BCUT2D eigenvalue weighted by atomic mass is 9.50. The Morgan fingerprint density at radius 3 is 2.53 bits per heavy atom. The number of nitrogens with zero attached hydrogens (tertiary/aromatic N) is 5. The number of imidazole rings is 1. The summed E-state index contributed by atoms with van der Waals surface area (Å²) < 4.78 is 51.9. The first-order chi connectivity index (χ1) is 17.7. The Hall–Kier alpha value is -2.89. The van der Waals surface area contributed by atoms with Gasteiger partial charge in [0.2, 0.25) is 11.7 Å². The van der Waals surface area contributed by atoms with E-state index in [9.17, 15) is 18.0 Å². The average molecular weight is 584 g/mol. The van der Waals surface area contributed by atoms with Crippen LogP contribution in [-0.4, -0.2) is 65.7 Å². The van der Waals surface area contributed by atoms with Crippen LogP contribution in [0.2, 0.25) is 20.3 Å². The number of benzene rings is 1. The van der Waals surface area contributed by atoms with Gasteiger partial charge in [-0.1, -0.05) is 40.0 Å². The number of hydrogen-bond donors (Lipinski definition) is 0. The van der Waals surface area contributed by atoms with Crippen LogP contribution in [0.5, 0.6) is 5.75 Å². The number of alkyl halides is 3. The molecule has 16 heteroatoms. The van der Waals surface area contributed by atoms with Crippen molar-refractivity contribution in [3.8, 4) is 28.7 Å². The number of aromatic nitrogens is 4. The van der Waals surface area contributed by atoms with Crippen LogP contribution in [-0.2, 0) is 11.0 Å². The number of pyridine rings is 1. The summed E-state index contributed by atoms with van der Waals surface area (Å²) in [5, 5.41) is 3.62. The zero-order valence-corrected chi connectivity index (χ0v) is 22.4. The van der Waals surface area contributed by atoms with Crippen LogP contribution >= 0.6 is 34.8 Å². The fraction of sp³-hybridized carbons (Fsp3) is 0.273. The van der Waals surface area contributed by atoms with Gasteiger partial charge in [0.05, 0.1) is 27.2 Å². The van der Waals surface area contributed by atoms with Gasteiger partial charge in [-0.05, 0) is 23.8 Å². The molecule has 4 heterocycles. The molecular formula is C22H17B2Cl3F3N5O3. The number of carbonyl (C=O) groups is 1. The Labute approximate surface area is 230 Å². The Morgan fingerprint density at radius 1 is 1.11 bits per heavy atom. The van der Waals surface area contributed by atoms with E-state index in [4.69, 9.17) is 44.1 Å². The van der Waals surface area contributed by atoms with Crippen molar-refractivity contribution in [1.29, 1.82) is 0 Å². The van der Waals surface area contributed by atoms with E-state index >= 15 is 0 Å². The van der Waals surface area contributed by atoms with Crippen molar-refractivity contribution in [2.24, 2.45) is 0 Å². The highest BCUT2D eigenvalue weighted by molar-refractivity contribution is 6.50. The van der Waals surface area contributed by atoms with Crippen LogP contribution in [0.15, 0.2) is 35.1 Å². The van der Waals surface area contributed by atoms with E-state index in [0.717, 1.165) is 16.7 Å². The number of likely N-dealkylation sites (N-methyl/N-ethyl adjacent to an activating group) is 1. The number of rotatable bonds is 4. The maximum atomic E-state index is 13.1. The van der Waals surface area contributed by atoms with Gasteiger partial charge in [-0.2, -0.15) is 18.2 Å². The number of halogens is 6. The molecule has 1 amide bonds. The van der Waals surface area contributed by atoms with E-state index in [-0.39, 0.29) is 50.1 Å². The van der Waals surface area contributed by atoms with Gasteiger partial charge in [0.15, 0.2) is 5.65 Å². The Bertz CT molecular complexity index is 1580. The second kappa shape index (κ2) is 9.39. The zero-order valence-electron chi connectivity index (χ0n) is 20.1. The number of amides is 1. The summed E-state index contributed by atoms with van der Waals surface area (Å²) in [6, 6.07) is 3.84. The molecule has 1 aromatic carbocycles. The number of piperidine rings is 1. The fourth-order valence-corrected chi connectivity index (χ4v) is 5.13. The van der Waals surface area contributed by atoms with Crippen LogP contribution in [0.3, 0.4) is 0 Å². The van der Waals surface area contributed by atoms with E-state index in [2.05, 4.69) is 15.1 Å². The molecule has 0 unspecified atom stereocenters. The van der Waals surface area contributed by atoms with Crippen LogP contribution in [0.1, 0.15) is 12.0 Å². The predicted octanol–water partition coefficient (Wildman–Crippen LogP) is 4.02. The summed E-state index contributed by atoms with van der Waals surface area (Å²) in [6.45, 7) is 0.402. The van der Waals surface area contributed by atoms with Crippen molar-refractivity contribution in [2.75, 3.05) is 13.6 Å². The fourth-order valence-electron chi connectivity index (χ4n) is 4.43. The predicted molar refractivity (Wildman–Crippen MR) is 140 cm³/mol. The molecule has 0 bridgehead atoms. The molecule has 1 aliphatic heterocycles. The van der Waals surface area contributed by atoms with Gasteiger partial charge in [0.25, 0.3) is 5.89 Å². The number of likely N-dealkylation sites (tertiary alicyclic amines) is 1. The van der Waals surface area contributed by atoms with Gasteiger partial charge in [0, 0.05) is 31.1 Å². The van der Waals surface area contributed by atoms with E-state index in [0.29, 0.717) is 24.3 Å².